The van der Waals surface area contributed by atoms with Crippen molar-refractivity contribution in [2.24, 2.45) is 0 Å². The van der Waals surface area contributed by atoms with Crippen LogP contribution in [0.2, 0.25) is 0 Å². The van der Waals surface area contributed by atoms with Gasteiger partial charge in [-0.15, -0.1) is 11.3 Å². The number of piperazine rings is 1. The Bertz CT molecular complexity index is 841. The monoisotopic (exact) mass is 418 g/mol. The van der Waals surface area contributed by atoms with E-state index in [4.69, 9.17) is 4.74 Å². The molecule has 8 heteroatoms. The average Bonchev–Trinajstić information content (AvgIpc) is 2.96. The number of halogens is 1. The maximum absolute atomic E-state index is 13.9. The average molecular weight is 419 g/mol. The number of aromatic nitrogens is 1. The van der Waals surface area contributed by atoms with Gasteiger partial charge < -0.3 is 9.64 Å². The quantitative estimate of drug-likeness (QED) is 0.765. The molecule has 156 valence electrons. The second-order valence-corrected chi connectivity index (χ2v) is 8.70. The van der Waals surface area contributed by atoms with Gasteiger partial charge >= 0.3 is 6.03 Å². The van der Waals surface area contributed by atoms with Crippen LogP contribution in [0.3, 0.4) is 0 Å². The molecule has 2 amide bonds. The van der Waals surface area contributed by atoms with Crippen molar-refractivity contribution in [3.05, 3.63) is 40.2 Å². The molecule has 1 saturated heterocycles. The van der Waals surface area contributed by atoms with Crippen molar-refractivity contribution in [3.8, 4) is 5.75 Å². The van der Waals surface area contributed by atoms with Crippen molar-refractivity contribution in [2.75, 3.05) is 38.6 Å². The Morgan fingerprint density at radius 2 is 2.00 bits per heavy atom. The number of ether oxygens (including phenoxy) is 1. The molecule has 1 aromatic heterocycles. The van der Waals surface area contributed by atoms with E-state index in [-0.39, 0.29) is 17.6 Å². The summed E-state index contributed by atoms with van der Waals surface area (Å²) in [5.41, 5.74) is 2.07. The van der Waals surface area contributed by atoms with Gasteiger partial charge in [0.05, 0.1) is 12.8 Å². The molecule has 1 aliphatic heterocycles. The van der Waals surface area contributed by atoms with Crippen LogP contribution in [-0.4, -0.2) is 54.1 Å². The number of fused-ring (bicyclic) bond motifs is 1. The maximum atomic E-state index is 13.9. The first-order valence-corrected chi connectivity index (χ1v) is 11.0. The molecule has 2 aromatic rings. The minimum absolute atomic E-state index is 0.0796. The van der Waals surface area contributed by atoms with Crippen LogP contribution in [0.25, 0.3) is 0 Å². The highest BCUT2D eigenvalue weighted by atomic mass is 32.1. The molecule has 4 rings (SSSR count). The first kappa shape index (κ1) is 20.1. The lowest BCUT2D eigenvalue weighted by atomic mass is 10.2. The molecule has 0 spiro atoms. The molecule has 1 aromatic carbocycles. The van der Waals surface area contributed by atoms with Crippen LogP contribution in [0.1, 0.15) is 35.4 Å². The van der Waals surface area contributed by atoms with Crippen LogP contribution >= 0.6 is 11.3 Å². The number of rotatable bonds is 4. The highest BCUT2D eigenvalue weighted by molar-refractivity contribution is 7.15. The van der Waals surface area contributed by atoms with Crippen molar-refractivity contribution in [2.45, 2.75) is 38.6 Å². The number of hydrogen-bond acceptors (Lipinski definition) is 5. The smallest absolute Gasteiger partial charge is 0.323 e. The Morgan fingerprint density at radius 1 is 1.21 bits per heavy atom. The van der Waals surface area contributed by atoms with Gasteiger partial charge in [0.1, 0.15) is 0 Å². The van der Waals surface area contributed by atoms with Gasteiger partial charge in [-0.05, 0) is 43.4 Å². The summed E-state index contributed by atoms with van der Waals surface area (Å²) in [4.78, 5) is 22.7. The third-order valence-electron chi connectivity index (χ3n) is 5.59. The van der Waals surface area contributed by atoms with Gasteiger partial charge in [0.2, 0.25) is 0 Å². The summed E-state index contributed by atoms with van der Waals surface area (Å²) in [6.07, 6.45) is 5.75. The summed E-state index contributed by atoms with van der Waals surface area (Å²) in [7, 11) is 1.46. The summed E-state index contributed by atoms with van der Waals surface area (Å²) >= 11 is 1.62. The first-order valence-electron chi connectivity index (χ1n) is 10.2. The van der Waals surface area contributed by atoms with Gasteiger partial charge in [0, 0.05) is 37.6 Å². The zero-order valence-electron chi connectivity index (χ0n) is 16.7. The van der Waals surface area contributed by atoms with E-state index in [2.05, 4.69) is 15.2 Å². The molecule has 0 unspecified atom stereocenters. The molecule has 2 heterocycles. The van der Waals surface area contributed by atoms with Crippen molar-refractivity contribution in [3.63, 3.8) is 0 Å². The number of carbonyl (C=O) groups is 1. The Morgan fingerprint density at radius 3 is 2.76 bits per heavy atom. The molecule has 0 saturated carbocycles. The Labute approximate surface area is 174 Å². The Balaban J connectivity index is 1.28. The SMILES string of the molecule is COc1ccc(CN2CCN(C(=O)Nc3nc4c(s3)CCCCC4)CC2)cc1F. The minimum Gasteiger partial charge on any atom is -0.494 e. The number of nitrogens with zero attached hydrogens (tertiary/aromatic N) is 3. The van der Waals surface area contributed by atoms with Gasteiger partial charge in [-0.2, -0.15) is 0 Å². The summed E-state index contributed by atoms with van der Waals surface area (Å²) in [5, 5.41) is 3.71. The number of nitrogens with one attached hydrogen (secondary N) is 1. The second-order valence-electron chi connectivity index (χ2n) is 7.61. The fourth-order valence-corrected chi connectivity index (χ4v) is 4.97. The number of thiazole rings is 1. The van der Waals surface area contributed by atoms with Crippen molar-refractivity contribution >= 4 is 22.5 Å². The molecular formula is C21H27FN4O2S. The minimum atomic E-state index is -0.343. The lowest BCUT2D eigenvalue weighted by Crippen LogP contribution is -2.49. The standard InChI is InChI=1S/C21H27FN4O2S/c1-28-18-8-7-15(13-16(18)22)14-25-9-11-26(12-10-25)21(27)24-20-23-17-5-3-2-4-6-19(17)29-20/h7-8,13H,2-6,9-12,14H2,1H3,(H,23,24,27). The normalized spacial score (nSPS) is 17.5. The van der Waals surface area contributed by atoms with Gasteiger partial charge in [-0.3, -0.25) is 10.2 Å². The van der Waals surface area contributed by atoms with E-state index in [1.165, 1.54) is 43.0 Å². The Kier molecular flexibility index (Phi) is 6.30. The van der Waals surface area contributed by atoms with E-state index in [0.29, 0.717) is 19.6 Å². The summed E-state index contributed by atoms with van der Waals surface area (Å²) in [6, 6.07) is 4.98. The number of methoxy groups -OCH3 is 1. The molecule has 0 bridgehead atoms. The van der Waals surface area contributed by atoms with Crippen molar-refractivity contribution in [1.29, 1.82) is 0 Å². The second kappa shape index (κ2) is 9.09. The molecule has 1 aliphatic carbocycles. The number of amides is 2. The van der Waals surface area contributed by atoms with E-state index in [0.717, 1.165) is 36.6 Å². The van der Waals surface area contributed by atoms with Gasteiger partial charge in [-0.25, -0.2) is 14.2 Å². The van der Waals surface area contributed by atoms with E-state index in [1.54, 1.807) is 17.4 Å². The number of aryl methyl sites for hydroxylation is 2. The number of benzene rings is 1. The lowest BCUT2D eigenvalue weighted by molar-refractivity contribution is 0.143. The highest BCUT2D eigenvalue weighted by Gasteiger charge is 2.23. The fraction of sp³-hybridized carbons (Fsp3) is 0.524. The van der Waals surface area contributed by atoms with Gasteiger partial charge in [0.25, 0.3) is 0 Å². The number of carbonyl (C=O) groups excluding carboxylic acids is 1. The van der Waals surface area contributed by atoms with Crippen LogP contribution in [0.5, 0.6) is 5.75 Å². The lowest BCUT2D eigenvalue weighted by Gasteiger charge is -2.34. The number of hydrogen-bond donors (Lipinski definition) is 1. The van der Waals surface area contributed by atoms with Gasteiger partial charge in [0.15, 0.2) is 16.7 Å². The largest absolute Gasteiger partial charge is 0.494 e. The molecule has 0 radical (unpaired) electrons. The van der Waals surface area contributed by atoms with Crippen LogP contribution in [0.4, 0.5) is 14.3 Å². The summed E-state index contributed by atoms with van der Waals surface area (Å²) in [6.45, 7) is 3.48. The fourth-order valence-electron chi connectivity index (χ4n) is 3.93. The third-order valence-corrected chi connectivity index (χ3v) is 6.66. The van der Waals surface area contributed by atoms with Crippen molar-refractivity contribution in [1.82, 2.24) is 14.8 Å². The Hall–Kier alpha value is -2.19. The zero-order chi connectivity index (χ0) is 20.2. The van der Waals surface area contributed by atoms with Gasteiger partial charge in [-0.1, -0.05) is 12.5 Å². The van der Waals surface area contributed by atoms with Crippen LogP contribution in [-0.2, 0) is 19.4 Å². The predicted molar refractivity (Wildman–Crippen MR) is 112 cm³/mol. The predicted octanol–water partition coefficient (Wildman–Crippen LogP) is 3.91. The van der Waals surface area contributed by atoms with E-state index >= 15 is 0 Å². The van der Waals surface area contributed by atoms with Crippen LogP contribution in [0, 0.1) is 5.82 Å². The molecule has 6 nitrogen and oxygen atoms in total. The first-order chi connectivity index (χ1) is 14.1. The number of urea groups is 1. The maximum Gasteiger partial charge on any atom is 0.323 e. The van der Waals surface area contributed by atoms with Crippen LogP contribution in [0.15, 0.2) is 18.2 Å². The third kappa shape index (κ3) is 4.87. The van der Waals surface area contributed by atoms with E-state index < -0.39 is 0 Å². The molecule has 2 aliphatic rings. The molecule has 1 fully saturated rings. The summed E-state index contributed by atoms with van der Waals surface area (Å²) < 4.78 is 18.8. The highest BCUT2D eigenvalue weighted by Crippen LogP contribution is 2.29. The zero-order valence-corrected chi connectivity index (χ0v) is 17.6. The topological polar surface area (TPSA) is 57.7 Å². The molecular weight excluding hydrogens is 391 g/mol. The molecule has 1 N–H and O–H groups in total. The molecule has 29 heavy (non-hydrogen) atoms. The van der Waals surface area contributed by atoms with E-state index in [9.17, 15) is 9.18 Å². The van der Waals surface area contributed by atoms with Crippen LogP contribution < -0.4 is 10.1 Å². The van der Waals surface area contributed by atoms with Crippen molar-refractivity contribution < 1.29 is 13.9 Å². The molecule has 0 atom stereocenters. The number of anilines is 1. The van der Waals surface area contributed by atoms with E-state index in [1.807, 2.05) is 11.0 Å². The summed E-state index contributed by atoms with van der Waals surface area (Å²) in [5.74, 6) is -0.0837.